The molecule has 2 aromatic carbocycles. The number of benzene rings is 2. The van der Waals surface area contributed by atoms with Gasteiger partial charge in [-0.3, -0.25) is 4.79 Å². The predicted molar refractivity (Wildman–Crippen MR) is 137 cm³/mol. The van der Waals surface area contributed by atoms with Crippen LogP contribution in [0.25, 0.3) is 11.4 Å². The second kappa shape index (κ2) is 10.5. The number of likely N-dealkylation sites (tertiary alicyclic amines) is 1. The highest BCUT2D eigenvalue weighted by atomic mass is 32.2. The molecule has 2 fully saturated rings. The molecule has 3 atom stereocenters. The van der Waals surface area contributed by atoms with Crippen molar-refractivity contribution in [3.05, 3.63) is 65.2 Å². The average molecular weight is 530 g/mol. The normalized spacial score (nSPS) is 21.9. The van der Waals surface area contributed by atoms with Gasteiger partial charge in [-0.2, -0.15) is 13.2 Å². The van der Waals surface area contributed by atoms with Crippen LogP contribution in [0.3, 0.4) is 0 Å². The lowest BCUT2D eigenvalue weighted by molar-refractivity contribution is -0.137. The number of halogens is 3. The molecule has 2 aliphatic rings. The van der Waals surface area contributed by atoms with Gasteiger partial charge in [0.05, 0.1) is 11.1 Å². The molecule has 5 rings (SSSR count). The second-order valence-corrected chi connectivity index (χ2v) is 11.0. The lowest BCUT2D eigenvalue weighted by atomic mass is 9.94. The Bertz CT molecular complexity index is 1260. The summed E-state index contributed by atoms with van der Waals surface area (Å²) in [5, 5.41) is 9.40. The summed E-state index contributed by atoms with van der Waals surface area (Å²) in [6.07, 6.45) is -0.0787. The van der Waals surface area contributed by atoms with Gasteiger partial charge >= 0.3 is 6.18 Å². The fourth-order valence-electron chi connectivity index (χ4n) is 5.85. The Morgan fingerprint density at radius 3 is 2.59 bits per heavy atom. The first-order chi connectivity index (χ1) is 17.7. The van der Waals surface area contributed by atoms with Crippen molar-refractivity contribution in [2.24, 2.45) is 18.7 Å². The van der Waals surface area contributed by atoms with Crippen LogP contribution in [0, 0.1) is 5.92 Å². The molecule has 1 aliphatic carbocycles. The summed E-state index contributed by atoms with van der Waals surface area (Å²) >= 11 is 1.64. The molecule has 2 heterocycles. The van der Waals surface area contributed by atoms with Crippen molar-refractivity contribution >= 4 is 17.7 Å². The first kappa shape index (κ1) is 25.8. The molecule has 1 saturated heterocycles. The summed E-state index contributed by atoms with van der Waals surface area (Å²) in [5.74, 6) is 1.95. The Balaban J connectivity index is 1.14. The number of carbonyl (C=O) groups is 1. The highest BCUT2D eigenvalue weighted by molar-refractivity contribution is 7.99. The molecule has 10 heteroatoms. The monoisotopic (exact) mass is 529 g/mol. The van der Waals surface area contributed by atoms with Crippen molar-refractivity contribution < 1.29 is 18.0 Å². The first-order valence-electron chi connectivity index (χ1n) is 12.5. The fraction of sp³-hybridized carbons (Fsp3) is 0.444. The van der Waals surface area contributed by atoms with E-state index in [4.69, 9.17) is 5.73 Å². The summed E-state index contributed by atoms with van der Waals surface area (Å²) in [4.78, 5) is 14.3. The number of hydrogen-bond donors (Lipinski definition) is 1. The van der Waals surface area contributed by atoms with E-state index >= 15 is 0 Å². The summed E-state index contributed by atoms with van der Waals surface area (Å²) in [7, 11) is 1.89. The van der Waals surface area contributed by atoms with Crippen LogP contribution >= 0.6 is 11.8 Å². The van der Waals surface area contributed by atoms with E-state index in [1.165, 1.54) is 12.1 Å². The van der Waals surface area contributed by atoms with E-state index in [0.29, 0.717) is 34.8 Å². The highest BCUT2D eigenvalue weighted by Crippen LogP contribution is 2.46. The maximum Gasteiger partial charge on any atom is 0.416 e. The van der Waals surface area contributed by atoms with Crippen molar-refractivity contribution in [1.29, 1.82) is 0 Å². The number of carbonyl (C=O) groups excluding carboxylic acids is 1. The third-order valence-electron chi connectivity index (χ3n) is 7.71. The maximum absolute atomic E-state index is 12.9. The van der Waals surface area contributed by atoms with Gasteiger partial charge in [0.1, 0.15) is 0 Å². The van der Waals surface area contributed by atoms with Crippen molar-refractivity contribution in [1.82, 2.24) is 19.7 Å². The molecule has 1 unspecified atom stereocenters. The number of primary amides is 1. The molecule has 37 heavy (non-hydrogen) atoms. The Kier molecular flexibility index (Phi) is 7.31. The molecule has 1 amide bonds. The number of aromatic nitrogens is 3. The number of alkyl halides is 3. The zero-order valence-corrected chi connectivity index (χ0v) is 21.4. The largest absolute Gasteiger partial charge is 0.416 e. The van der Waals surface area contributed by atoms with E-state index in [-0.39, 0.29) is 0 Å². The minimum absolute atomic E-state index is 0.329. The van der Waals surface area contributed by atoms with Gasteiger partial charge in [0.15, 0.2) is 11.0 Å². The fourth-order valence-corrected chi connectivity index (χ4v) is 6.69. The third kappa shape index (κ3) is 5.40. The van der Waals surface area contributed by atoms with Crippen LogP contribution in [0.15, 0.2) is 53.7 Å². The smallest absolute Gasteiger partial charge is 0.366 e. The topological polar surface area (TPSA) is 77.0 Å². The third-order valence-corrected chi connectivity index (χ3v) is 8.82. The van der Waals surface area contributed by atoms with Gasteiger partial charge in [0.2, 0.25) is 5.91 Å². The van der Waals surface area contributed by atoms with Crippen LogP contribution < -0.4 is 5.73 Å². The van der Waals surface area contributed by atoms with Gasteiger partial charge in [0, 0.05) is 24.4 Å². The van der Waals surface area contributed by atoms with Gasteiger partial charge in [-0.1, -0.05) is 42.1 Å². The summed E-state index contributed by atoms with van der Waals surface area (Å²) < 4.78 is 40.6. The van der Waals surface area contributed by atoms with Gasteiger partial charge in [0.25, 0.3) is 0 Å². The van der Waals surface area contributed by atoms with Crippen molar-refractivity contribution in [2.75, 3.05) is 18.8 Å². The van der Waals surface area contributed by atoms with Crippen LogP contribution in [0.4, 0.5) is 13.2 Å². The zero-order chi connectivity index (χ0) is 26.2. The summed E-state index contributed by atoms with van der Waals surface area (Å²) in [5.41, 5.74) is 7.05. The van der Waals surface area contributed by atoms with Gasteiger partial charge in [-0.15, -0.1) is 10.2 Å². The Labute approximate surface area is 218 Å². The number of hydrogen-bond acceptors (Lipinski definition) is 5. The highest BCUT2D eigenvalue weighted by Gasteiger charge is 2.42. The number of nitrogens with two attached hydrogens (primary N) is 1. The Hall–Kier alpha value is -2.85. The van der Waals surface area contributed by atoms with E-state index < -0.39 is 17.6 Å². The molecule has 1 saturated carbocycles. The number of rotatable bonds is 8. The van der Waals surface area contributed by atoms with Gasteiger partial charge in [-0.05, 0) is 74.4 Å². The van der Waals surface area contributed by atoms with Crippen LogP contribution in [0.5, 0.6) is 0 Å². The molecule has 0 spiro atoms. The quantitative estimate of drug-likeness (QED) is 0.315. The van der Waals surface area contributed by atoms with E-state index in [9.17, 15) is 18.0 Å². The van der Waals surface area contributed by atoms with Gasteiger partial charge < -0.3 is 15.2 Å². The van der Waals surface area contributed by atoms with E-state index in [0.717, 1.165) is 55.2 Å². The van der Waals surface area contributed by atoms with Crippen LogP contribution in [0.2, 0.25) is 0 Å². The van der Waals surface area contributed by atoms with Gasteiger partial charge in [-0.25, -0.2) is 0 Å². The van der Waals surface area contributed by atoms with Crippen LogP contribution in [-0.2, 0) is 13.2 Å². The number of nitrogens with zero attached hydrogens (tertiary/aromatic N) is 4. The lowest BCUT2D eigenvalue weighted by Gasteiger charge is -2.24. The standard InChI is InChI=1S/C27H30F3N5OS/c1-34-25(22-6-3-2-5-21(22)24(31)36)32-33-26(34)37-14-4-12-35-13-11-18-15-19(16-23(18)35)17-7-9-20(10-8-17)27(28,29)30/h2-3,5-10,18-19,23H,4,11-16H2,1H3,(H2,31,36)/t18-,19+,23?/m1/s1. The summed E-state index contributed by atoms with van der Waals surface area (Å²) in [6, 6.07) is 13.4. The zero-order valence-electron chi connectivity index (χ0n) is 20.6. The molecular weight excluding hydrogens is 499 g/mol. The van der Waals surface area contributed by atoms with E-state index in [2.05, 4.69) is 15.1 Å². The predicted octanol–water partition coefficient (Wildman–Crippen LogP) is 5.35. The number of thioether (sulfide) groups is 1. The lowest BCUT2D eigenvalue weighted by Crippen LogP contribution is -2.31. The molecule has 0 bridgehead atoms. The van der Waals surface area contributed by atoms with Crippen LogP contribution in [-0.4, -0.2) is 50.5 Å². The second-order valence-electron chi connectivity index (χ2n) is 9.92. The maximum atomic E-state index is 12.9. The SMILES string of the molecule is Cn1c(SCCCN2CC[C@@H]3C[C@H](c4ccc(C(F)(F)F)cc4)CC32)nnc1-c1ccccc1C(N)=O. The summed E-state index contributed by atoms with van der Waals surface area (Å²) in [6.45, 7) is 2.07. The van der Waals surface area contributed by atoms with E-state index in [1.807, 2.05) is 23.7 Å². The first-order valence-corrected chi connectivity index (χ1v) is 13.5. The Morgan fingerprint density at radius 2 is 1.86 bits per heavy atom. The molecule has 1 aliphatic heterocycles. The van der Waals surface area contributed by atoms with Crippen molar-refractivity contribution in [3.8, 4) is 11.4 Å². The molecule has 196 valence electrons. The number of amides is 1. The van der Waals surface area contributed by atoms with Crippen LogP contribution in [0.1, 0.15) is 53.1 Å². The minimum Gasteiger partial charge on any atom is -0.366 e. The van der Waals surface area contributed by atoms with Crippen molar-refractivity contribution in [2.45, 2.75) is 49.0 Å². The van der Waals surface area contributed by atoms with E-state index in [1.54, 1.807) is 36.0 Å². The molecular formula is C27H30F3N5OS. The molecule has 2 N–H and O–H groups in total. The molecule has 3 aromatic rings. The molecule has 6 nitrogen and oxygen atoms in total. The van der Waals surface area contributed by atoms with Crippen molar-refractivity contribution in [3.63, 3.8) is 0 Å². The Morgan fingerprint density at radius 1 is 1.11 bits per heavy atom. The number of fused-ring (bicyclic) bond motifs is 1. The minimum atomic E-state index is -4.29. The molecule has 0 radical (unpaired) electrons. The molecule has 1 aromatic heterocycles. The average Bonchev–Trinajstić information content (AvgIpc) is 3.56.